The quantitative estimate of drug-likeness (QED) is 0.382. The molecule has 0 atom stereocenters. The molecule has 0 unspecified atom stereocenters. The molecular formula is C5H12N2S. The molecule has 0 aliphatic heterocycles. The zero-order valence-electron chi connectivity index (χ0n) is 5.02. The molecule has 0 saturated carbocycles. The summed E-state index contributed by atoms with van der Waals surface area (Å²) >= 11 is 3.99. The highest BCUT2D eigenvalue weighted by Crippen LogP contribution is 1.74. The minimum atomic E-state index is 0.798. The number of nitrogens with two attached hydrogens (primary N) is 1. The van der Waals surface area contributed by atoms with Gasteiger partial charge in [-0.3, -0.25) is 0 Å². The van der Waals surface area contributed by atoms with Crippen LogP contribution < -0.4 is 11.1 Å². The Kier molecular flexibility index (Phi) is 4.65. The monoisotopic (exact) mass is 132 g/mol. The third-order valence-electron chi connectivity index (χ3n) is 0.586. The van der Waals surface area contributed by atoms with E-state index in [0.29, 0.717) is 0 Å². The normalized spacial score (nSPS) is 11.5. The summed E-state index contributed by atoms with van der Waals surface area (Å²) in [5.41, 5.74) is 6.10. The zero-order valence-corrected chi connectivity index (χ0v) is 5.91. The summed E-state index contributed by atoms with van der Waals surface area (Å²) in [4.78, 5) is 0. The molecule has 0 radical (unpaired) electrons. The van der Waals surface area contributed by atoms with E-state index >= 15 is 0 Å². The SMILES string of the molecule is CC(N)=CNCCS. The fourth-order valence-electron chi connectivity index (χ4n) is 0.298. The Balaban J connectivity index is 3.03. The predicted molar refractivity (Wildman–Crippen MR) is 39.8 cm³/mol. The molecule has 0 amide bonds. The third-order valence-corrected chi connectivity index (χ3v) is 0.809. The van der Waals surface area contributed by atoms with Crippen LogP contribution in [-0.2, 0) is 0 Å². The summed E-state index contributed by atoms with van der Waals surface area (Å²) in [6.07, 6.45) is 1.77. The molecule has 3 heteroatoms. The van der Waals surface area contributed by atoms with E-state index < -0.39 is 0 Å². The Morgan fingerprint density at radius 3 is 2.88 bits per heavy atom. The van der Waals surface area contributed by atoms with Crippen molar-refractivity contribution in [3.8, 4) is 0 Å². The maximum Gasteiger partial charge on any atom is 0.0230 e. The Bertz CT molecular complexity index is 76.5. The Hall–Kier alpha value is -0.310. The van der Waals surface area contributed by atoms with Crippen molar-refractivity contribution in [3.05, 3.63) is 11.9 Å². The highest BCUT2D eigenvalue weighted by molar-refractivity contribution is 7.80. The minimum absolute atomic E-state index is 0.798. The van der Waals surface area contributed by atoms with Crippen LogP contribution in [0.3, 0.4) is 0 Å². The van der Waals surface area contributed by atoms with Crippen molar-refractivity contribution in [1.82, 2.24) is 5.32 Å². The van der Waals surface area contributed by atoms with Gasteiger partial charge in [0.15, 0.2) is 0 Å². The number of rotatable bonds is 3. The van der Waals surface area contributed by atoms with Crippen molar-refractivity contribution in [2.45, 2.75) is 6.92 Å². The van der Waals surface area contributed by atoms with Crippen LogP contribution in [0, 0.1) is 0 Å². The van der Waals surface area contributed by atoms with Gasteiger partial charge >= 0.3 is 0 Å². The smallest absolute Gasteiger partial charge is 0.0230 e. The van der Waals surface area contributed by atoms with E-state index in [4.69, 9.17) is 5.73 Å². The lowest BCUT2D eigenvalue weighted by Gasteiger charge is -1.94. The lowest BCUT2D eigenvalue weighted by Crippen LogP contribution is -2.10. The van der Waals surface area contributed by atoms with Gasteiger partial charge in [0, 0.05) is 24.2 Å². The summed E-state index contributed by atoms with van der Waals surface area (Å²) in [5, 5.41) is 2.97. The molecule has 0 saturated heterocycles. The van der Waals surface area contributed by atoms with Gasteiger partial charge in [0.05, 0.1) is 0 Å². The van der Waals surface area contributed by atoms with Crippen molar-refractivity contribution in [2.75, 3.05) is 12.3 Å². The summed E-state index contributed by atoms with van der Waals surface area (Å²) in [5.74, 6) is 0.837. The molecular weight excluding hydrogens is 120 g/mol. The van der Waals surface area contributed by atoms with Crippen molar-refractivity contribution in [2.24, 2.45) is 5.73 Å². The van der Waals surface area contributed by atoms with Crippen molar-refractivity contribution in [3.63, 3.8) is 0 Å². The van der Waals surface area contributed by atoms with Crippen LogP contribution in [0.1, 0.15) is 6.92 Å². The zero-order chi connectivity index (χ0) is 6.41. The number of hydrogen-bond donors (Lipinski definition) is 3. The number of thiol groups is 1. The molecule has 8 heavy (non-hydrogen) atoms. The first-order valence-electron chi connectivity index (χ1n) is 2.54. The third kappa shape index (κ3) is 5.69. The lowest BCUT2D eigenvalue weighted by atomic mass is 10.5. The van der Waals surface area contributed by atoms with Gasteiger partial charge in [-0.15, -0.1) is 0 Å². The Labute approximate surface area is 55.6 Å². The van der Waals surface area contributed by atoms with E-state index in [-0.39, 0.29) is 0 Å². The summed E-state index contributed by atoms with van der Waals surface area (Å²) in [6.45, 7) is 2.71. The first kappa shape index (κ1) is 7.69. The highest BCUT2D eigenvalue weighted by atomic mass is 32.1. The molecule has 0 aliphatic rings. The van der Waals surface area contributed by atoms with E-state index in [1.165, 1.54) is 0 Å². The maximum atomic E-state index is 5.31. The van der Waals surface area contributed by atoms with Crippen LogP contribution in [0.15, 0.2) is 11.9 Å². The molecule has 0 aromatic carbocycles. The van der Waals surface area contributed by atoms with Crippen LogP contribution in [0.5, 0.6) is 0 Å². The molecule has 0 aromatic rings. The molecule has 0 heterocycles. The molecule has 48 valence electrons. The van der Waals surface area contributed by atoms with Gasteiger partial charge in [0.25, 0.3) is 0 Å². The fraction of sp³-hybridized carbons (Fsp3) is 0.600. The first-order chi connectivity index (χ1) is 3.77. The number of hydrogen-bond acceptors (Lipinski definition) is 3. The molecule has 3 N–H and O–H groups in total. The van der Waals surface area contributed by atoms with Crippen molar-refractivity contribution >= 4 is 12.6 Å². The topological polar surface area (TPSA) is 38.0 Å². The van der Waals surface area contributed by atoms with Gasteiger partial charge in [0.2, 0.25) is 0 Å². The molecule has 0 rings (SSSR count). The standard InChI is InChI=1S/C5H12N2S/c1-5(6)4-7-2-3-8/h4,7-8H,2-3,6H2,1H3. The van der Waals surface area contributed by atoms with Gasteiger partial charge in [-0.05, 0) is 6.92 Å². The molecule has 2 nitrogen and oxygen atoms in total. The van der Waals surface area contributed by atoms with Gasteiger partial charge in [0.1, 0.15) is 0 Å². The largest absolute Gasteiger partial charge is 0.401 e. The van der Waals surface area contributed by atoms with Gasteiger partial charge < -0.3 is 11.1 Å². The summed E-state index contributed by atoms with van der Waals surface area (Å²) in [7, 11) is 0. The second kappa shape index (κ2) is 4.84. The highest BCUT2D eigenvalue weighted by Gasteiger charge is 1.74. The summed E-state index contributed by atoms with van der Waals surface area (Å²) < 4.78 is 0. The van der Waals surface area contributed by atoms with E-state index in [9.17, 15) is 0 Å². The molecule has 0 bridgehead atoms. The summed E-state index contributed by atoms with van der Waals surface area (Å²) in [6, 6.07) is 0. The van der Waals surface area contributed by atoms with Gasteiger partial charge in [-0.2, -0.15) is 12.6 Å². The first-order valence-corrected chi connectivity index (χ1v) is 3.17. The molecule has 0 fully saturated rings. The Morgan fingerprint density at radius 2 is 2.50 bits per heavy atom. The average molecular weight is 132 g/mol. The predicted octanol–water partition coefficient (Wildman–Crippen LogP) is 0.326. The van der Waals surface area contributed by atoms with E-state index in [1.54, 1.807) is 6.20 Å². The Morgan fingerprint density at radius 1 is 1.88 bits per heavy atom. The van der Waals surface area contributed by atoms with Crippen LogP contribution in [0.4, 0.5) is 0 Å². The maximum absolute atomic E-state index is 5.31. The van der Waals surface area contributed by atoms with E-state index in [2.05, 4.69) is 17.9 Å². The molecule has 0 aromatic heterocycles. The lowest BCUT2D eigenvalue weighted by molar-refractivity contribution is 0.915. The average Bonchev–Trinajstić information content (AvgIpc) is 1.66. The van der Waals surface area contributed by atoms with E-state index in [1.807, 2.05) is 6.92 Å². The van der Waals surface area contributed by atoms with Crippen LogP contribution in [0.2, 0.25) is 0 Å². The van der Waals surface area contributed by atoms with Gasteiger partial charge in [-0.25, -0.2) is 0 Å². The van der Waals surface area contributed by atoms with E-state index in [0.717, 1.165) is 18.0 Å². The minimum Gasteiger partial charge on any atom is -0.401 e. The van der Waals surface area contributed by atoms with Crippen molar-refractivity contribution in [1.29, 1.82) is 0 Å². The molecule has 0 spiro atoms. The second-order valence-electron chi connectivity index (χ2n) is 1.57. The van der Waals surface area contributed by atoms with Crippen LogP contribution in [-0.4, -0.2) is 12.3 Å². The van der Waals surface area contributed by atoms with Crippen LogP contribution >= 0.6 is 12.6 Å². The molecule has 0 aliphatic carbocycles. The second-order valence-corrected chi connectivity index (χ2v) is 2.01. The van der Waals surface area contributed by atoms with Crippen molar-refractivity contribution < 1.29 is 0 Å². The van der Waals surface area contributed by atoms with Gasteiger partial charge in [-0.1, -0.05) is 0 Å². The number of allylic oxidation sites excluding steroid dienone is 1. The van der Waals surface area contributed by atoms with Crippen LogP contribution in [0.25, 0.3) is 0 Å². The number of nitrogens with one attached hydrogen (secondary N) is 1. The fourth-order valence-corrected chi connectivity index (χ4v) is 0.427.